The predicted molar refractivity (Wildman–Crippen MR) is 80.1 cm³/mol. The van der Waals surface area contributed by atoms with Gasteiger partial charge in [-0.2, -0.15) is 5.10 Å². The van der Waals surface area contributed by atoms with Crippen molar-refractivity contribution < 1.29 is 4.79 Å². The smallest absolute Gasteiger partial charge is 0.241 e. The van der Waals surface area contributed by atoms with Gasteiger partial charge in [0.05, 0.1) is 18.4 Å². The summed E-state index contributed by atoms with van der Waals surface area (Å²) in [5.74, 6) is 0.418. The molecule has 0 aliphatic carbocycles. The van der Waals surface area contributed by atoms with Crippen LogP contribution in [0.1, 0.15) is 24.5 Å². The third kappa shape index (κ3) is 3.91. The molecule has 0 unspecified atom stereocenters. The molecule has 0 saturated carbocycles. The van der Waals surface area contributed by atoms with Gasteiger partial charge in [-0.15, -0.1) is 5.10 Å². The summed E-state index contributed by atoms with van der Waals surface area (Å²) < 4.78 is 3.39. The van der Waals surface area contributed by atoms with Crippen molar-refractivity contribution in [3.05, 3.63) is 30.4 Å². The Labute approximate surface area is 128 Å². The van der Waals surface area contributed by atoms with E-state index in [1.165, 1.54) is 6.42 Å². The molecule has 2 aromatic rings. The zero-order valence-corrected chi connectivity index (χ0v) is 12.5. The molecule has 3 heterocycles. The third-order valence-corrected chi connectivity index (χ3v) is 3.82. The van der Waals surface area contributed by atoms with Crippen LogP contribution in [0.15, 0.2) is 24.7 Å². The molecule has 1 atom stereocenters. The summed E-state index contributed by atoms with van der Waals surface area (Å²) in [6, 6.07) is 2.01. The second kappa shape index (κ2) is 7.17. The van der Waals surface area contributed by atoms with Crippen LogP contribution in [0.3, 0.4) is 0 Å². The summed E-state index contributed by atoms with van der Waals surface area (Å²) in [5, 5.41) is 18.3. The Bertz CT molecular complexity index is 586. The number of nitrogens with zero attached hydrogens (tertiary/aromatic N) is 5. The Hall–Kier alpha value is -2.22. The summed E-state index contributed by atoms with van der Waals surface area (Å²) >= 11 is 0. The van der Waals surface area contributed by atoms with E-state index in [2.05, 4.69) is 26.0 Å². The van der Waals surface area contributed by atoms with Gasteiger partial charge in [-0.1, -0.05) is 5.21 Å². The molecule has 0 radical (unpaired) electrons. The molecule has 2 aromatic heterocycles. The Morgan fingerprint density at radius 1 is 1.41 bits per heavy atom. The van der Waals surface area contributed by atoms with Crippen molar-refractivity contribution in [1.82, 2.24) is 35.4 Å². The molecule has 118 valence electrons. The minimum atomic E-state index is -0.0449. The van der Waals surface area contributed by atoms with Crippen LogP contribution in [0, 0.1) is 0 Å². The van der Waals surface area contributed by atoms with Crippen LogP contribution in [0.4, 0.5) is 0 Å². The lowest BCUT2D eigenvalue weighted by Gasteiger charge is -2.20. The van der Waals surface area contributed by atoms with Crippen molar-refractivity contribution >= 4 is 5.91 Å². The van der Waals surface area contributed by atoms with Gasteiger partial charge in [0.25, 0.3) is 0 Å². The molecule has 0 aromatic carbocycles. The van der Waals surface area contributed by atoms with Gasteiger partial charge < -0.3 is 10.6 Å². The molecular formula is C14H21N7O. The monoisotopic (exact) mass is 303 g/mol. The first-order valence-electron chi connectivity index (χ1n) is 7.66. The number of piperidine rings is 1. The molecule has 1 saturated heterocycles. The molecule has 1 fully saturated rings. The van der Waals surface area contributed by atoms with E-state index in [1.54, 1.807) is 21.8 Å². The summed E-state index contributed by atoms with van der Waals surface area (Å²) in [7, 11) is 0. The second-order valence-corrected chi connectivity index (χ2v) is 5.50. The standard InChI is InChI=1S/C14H21N7O/c22-14(16-5-8-20-9-6-17-19-20)11-21-7-3-13(18-21)12-2-1-4-15-10-12/h3,6-7,9,12,15H,1-2,4-5,8,10-11H2,(H,16,22)/t12-/m0/s1. The Morgan fingerprint density at radius 2 is 2.36 bits per heavy atom. The van der Waals surface area contributed by atoms with E-state index in [0.717, 1.165) is 25.2 Å². The number of amides is 1. The molecule has 1 aliphatic heterocycles. The zero-order valence-electron chi connectivity index (χ0n) is 12.5. The van der Waals surface area contributed by atoms with Crippen molar-refractivity contribution in [3.8, 4) is 0 Å². The minimum Gasteiger partial charge on any atom is -0.353 e. The van der Waals surface area contributed by atoms with Crippen molar-refractivity contribution in [3.63, 3.8) is 0 Å². The number of aromatic nitrogens is 5. The van der Waals surface area contributed by atoms with E-state index in [1.807, 2.05) is 12.3 Å². The van der Waals surface area contributed by atoms with Crippen LogP contribution in [-0.2, 0) is 17.9 Å². The number of hydrogen-bond donors (Lipinski definition) is 2. The summed E-state index contributed by atoms with van der Waals surface area (Å²) in [4.78, 5) is 11.9. The number of nitrogens with one attached hydrogen (secondary N) is 2. The molecule has 3 rings (SSSR count). The fraction of sp³-hybridized carbons (Fsp3) is 0.571. The minimum absolute atomic E-state index is 0.0449. The first kappa shape index (κ1) is 14.7. The molecule has 0 spiro atoms. The van der Waals surface area contributed by atoms with Gasteiger partial charge in [0.15, 0.2) is 0 Å². The van der Waals surface area contributed by atoms with Crippen LogP contribution in [-0.4, -0.2) is 50.3 Å². The van der Waals surface area contributed by atoms with Crippen LogP contribution < -0.4 is 10.6 Å². The highest BCUT2D eigenvalue weighted by molar-refractivity contribution is 5.75. The highest BCUT2D eigenvalue weighted by atomic mass is 16.2. The van der Waals surface area contributed by atoms with Crippen LogP contribution in [0.2, 0.25) is 0 Å². The van der Waals surface area contributed by atoms with Gasteiger partial charge in [0.1, 0.15) is 6.54 Å². The van der Waals surface area contributed by atoms with Crippen molar-refractivity contribution in [2.75, 3.05) is 19.6 Å². The summed E-state index contributed by atoms with van der Waals surface area (Å²) in [6.45, 7) is 3.46. The molecule has 8 nitrogen and oxygen atoms in total. The number of carbonyl (C=O) groups excluding carboxylic acids is 1. The van der Waals surface area contributed by atoms with E-state index >= 15 is 0 Å². The number of carbonyl (C=O) groups is 1. The normalized spacial score (nSPS) is 18.3. The van der Waals surface area contributed by atoms with Crippen LogP contribution in [0.25, 0.3) is 0 Å². The topological polar surface area (TPSA) is 89.7 Å². The first-order chi connectivity index (χ1) is 10.8. The predicted octanol–water partition coefficient (Wildman–Crippen LogP) is -0.242. The van der Waals surface area contributed by atoms with Gasteiger partial charge >= 0.3 is 0 Å². The van der Waals surface area contributed by atoms with E-state index in [-0.39, 0.29) is 12.5 Å². The molecule has 2 N–H and O–H groups in total. The number of rotatable bonds is 6. The van der Waals surface area contributed by atoms with Crippen LogP contribution in [0.5, 0.6) is 0 Å². The summed E-state index contributed by atoms with van der Waals surface area (Å²) in [5.41, 5.74) is 1.07. The van der Waals surface area contributed by atoms with Crippen molar-refractivity contribution in [2.45, 2.75) is 31.8 Å². The van der Waals surface area contributed by atoms with E-state index in [9.17, 15) is 4.79 Å². The van der Waals surface area contributed by atoms with Gasteiger partial charge in [0, 0.05) is 31.4 Å². The van der Waals surface area contributed by atoms with Crippen LogP contribution >= 0.6 is 0 Å². The molecular weight excluding hydrogens is 282 g/mol. The average molecular weight is 303 g/mol. The number of hydrogen-bond acceptors (Lipinski definition) is 5. The van der Waals surface area contributed by atoms with Crippen molar-refractivity contribution in [1.29, 1.82) is 0 Å². The summed E-state index contributed by atoms with van der Waals surface area (Å²) in [6.07, 6.45) is 7.60. The Morgan fingerprint density at radius 3 is 3.14 bits per heavy atom. The van der Waals surface area contributed by atoms with E-state index in [4.69, 9.17) is 0 Å². The lowest BCUT2D eigenvalue weighted by molar-refractivity contribution is -0.121. The highest BCUT2D eigenvalue weighted by Gasteiger charge is 2.17. The fourth-order valence-electron chi connectivity index (χ4n) is 2.65. The lowest BCUT2D eigenvalue weighted by atomic mass is 9.97. The average Bonchev–Trinajstić information content (AvgIpc) is 3.20. The Balaban J connectivity index is 1.44. The van der Waals surface area contributed by atoms with Crippen molar-refractivity contribution in [2.24, 2.45) is 0 Å². The SMILES string of the molecule is O=C(Cn1ccc([C@H]2CCCNC2)n1)NCCn1ccnn1. The fourth-order valence-corrected chi connectivity index (χ4v) is 2.65. The maximum atomic E-state index is 11.9. The zero-order chi connectivity index (χ0) is 15.2. The third-order valence-electron chi connectivity index (χ3n) is 3.82. The second-order valence-electron chi connectivity index (χ2n) is 5.50. The highest BCUT2D eigenvalue weighted by Crippen LogP contribution is 2.21. The van der Waals surface area contributed by atoms with Gasteiger partial charge in [0.2, 0.25) is 5.91 Å². The van der Waals surface area contributed by atoms with Gasteiger partial charge in [-0.25, -0.2) is 0 Å². The van der Waals surface area contributed by atoms with E-state index in [0.29, 0.717) is 19.0 Å². The quantitative estimate of drug-likeness (QED) is 0.768. The molecule has 22 heavy (non-hydrogen) atoms. The maximum absolute atomic E-state index is 11.9. The molecule has 8 heteroatoms. The Kier molecular flexibility index (Phi) is 4.79. The molecule has 1 amide bonds. The van der Waals surface area contributed by atoms with E-state index < -0.39 is 0 Å². The maximum Gasteiger partial charge on any atom is 0.241 e. The van der Waals surface area contributed by atoms with Gasteiger partial charge in [-0.3, -0.25) is 14.2 Å². The first-order valence-corrected chi connectivity index (χ1v) is 7.66. The molecule has 1 aliphatic rings. The lowest BCUT2D eigenvalue weighted by Crippen LogP contribution is -2.31. The molecule has 0 bridgehead atoms. The van der Waals surface area contributed by atoms with Gasteiger partial charge in [-0.05, 0) is 25.5 Å². The largest absolute Gasteiger partial charge is 0.353 e.